The van der Waals surface area contributed by atoms with Crippen LogP contribution in [-0.4, -0.2) is 60.8 Å². The van der Waals surface area contributed by atoms with Crippen LogP contribution in [0.15, 0.2) is 0 Å². The molecular weight excluding hydrogens is 140 g/mol. The van der Waals surface area contributed by atoms with Crippen LogP contribution in [0.3, 0.4) is 0 Å². The fourth-order valence-electron chi connectivity index (χ4n) is 1.39. The first-order chi connectivity index (χ1) is 5.09. The normalized spacial score (nSPS) is 23.7. The number of likely N-dealkylation sites (N-methyl/N-ethyl adjacent to an activating group) is 1. The van der Waals surface area contributed by atoms with Crippen LogP contribution in [-0.2, 0) is 0 Å². The van der Waals surface area contributed by atoms with Crippen LogP contribution in [0.2, 0.25) is 0 Å². The maximum atomic E-state index is 9.06. The minimum atomic E-state index is -0.182. The Bertz CT molecular complexity index is 119. The van der Waals surface area contributed by atoms with E-state index >= 15 is 0 Å². The van der Waals surface area contributed by atoms with E-state index in [9.17, 15) is 0 Å². The van der Waals surface area contributed by atoms with Crippen molar-refractivity contribution >= 4 is 0 Å². The standard InChI is InChI=1S/C8H18N2O/c1-7(11)4-10-5-8(6-10)9(2)3/h7-8,11H,4-6H2,1-3H3/t7-/m0/s1. The Morgan fingerprint density at radius 2 is 2.09 bits per heavy atom. The molecule has 1 aliphatic rings. The average Bonchev–Trinajstić information content (AvgIpc) is 1.75. The van der Waals surface area contributed by atoms with Gasteiger partial charge in [0.15, 0.2) is 0 Å². The predicted octanol–water partition coefficient (Wildman–Crippen LogP) is -0.387. The van der Waals surface area contributed by atoms with Crippen LogP contribution < -0.4 is 0 Å². The average molecular weight is 158 g/mol. The van der Waals surface area contributed by atoms with Crippen molar-refractivity contribution in [3.05, 3.63) is 0 Å². The van der Waals surface area contributed by atoms with E-state index in [0.29, 0.717) is 6.04 Å². The fourth-order valence-corrected chi connectivity index (χ4v) is 1.39. The van der Waals surface area contributed by atoms with Gasteiger partial charge in [-0.2, -0.15) is 0 Å². The fraction of sp³-hybridized carbons (Fsp3) is 1.00. The molecule has 1 heterocycles. The van der Waals surface area contributed by atoms with E-state index in [1.165, 1.54) is 0 Å². The van der Waals surface area contributed by atoms with Crippen LogP contribution in [0.1, 0.15) is 6.92 Å². The molecule has 3 heteroatoms. The van der Waals surface area contributed by atoms with Crippen molar-refractivity contribution in [1.82, 2.24) is 9.80 Å². The molecule has 0 saturated carbocycles. The van der Waals surface area contributed by atoms with E-state index in [1.807, 2.05) is 6.92 Å². The molecule has 0 spiro atoms. The summed E-state index contributed by atoms with van der Waals surface area (Å²) in [7, 11) is 4.20. The Kier molecular flexibility index (Phi) is 2.87. The van der Waals surface area contributed by atoms with E-state index in [-0.39, 0.29) is 6.10 Å². The third-order valence-electron chi connectivity index (χ3n) is 2.19. The number of β-amino-alcohol motifs (C(OH)–C–C–N with tert-alkyl or cyclic N) is 1. The molecule has 1 N–H and O–H groups in total. The largest absolute Gasteiger partial charge is 0.392 e. The van der Waals surface area contributed by atoms with Crippen molar-refractivity contribution in [2.75, 3.05) is 33.7 Å². The van der Waals surface area contributed by atoms with Gasteiger partial charge < -0.3 is 10.0 Å². The molecule has 66 valence electrons. The molecule has 1 fully saturated rings. The number of hydrogen-bond donors (Lipinski definition) is 1. The first-order valence-corrected chi connectivity index (χ1v) is 4.16. The molecule has 11 heavy (non-hydrogen) atoms. The molecule has 1 saturated heterocycles. The summed E-state index contributed by atoms with van der Waals surface area (Å²) < 4.78 is 0. The predicted molar refractivity (Wildman–Crippen MR) is 45.6 cm³/mol. The lowest BCUT2D eigenvalue weighted by molar-refractivity contribution is 0.0275. The zero-order valence-corrected chi connectivity index (χ0v) is 7.62. The maximum Gasteiger partial charge on any atom is 0.0639 e. The van der Waals surface area contributed by atoms with Crippen molar-refractivity contribution in [1.29, 1.82) is 0 Å². The lowest BCUT2D eigenvalue weighted by Gasteiger charge is -2.43. The van der Waals surface area contributed by atoms with Gasteiger partial charge in [0.05, 0.1) is 6.10 Å². The van der Waals surface area contributed by atoms with Gasteiger partial charge in [0, 0.05) is 25.7 Å². The van der Waals surface area contributed by atoms with Gasteiger partial charge in [0.25, 0.3) is 0 Å². The highest BCUT2D eigenvalue weighted by Crippen LogP contribution is 2.11. The minimum absolute atomic E-state index is 0.182. The Morgan fingerprint density at radius 3 is 2.45 bits per heavy atom. The van der Waals surface area contributed by atoms with Crippen molar-refractivity contribution in [2.24, 2.45) is 0 Å². The van der Waals surface area contributed by atoms with E-state index in [1.54, 1.807) is 0 Å². The summed E-state index contributed by atoms with van der Waals surface area (Å²) >= 11 is 0. The van der Waals surface area contributed by atoms with E-state index in [4.69, 9.17) is 5.11 Å². The molecular formula is C8H18N2O. The summed E-state index contributed by atoms with van der Waals surface area (Å²) in [5.74, 6) is 0. The van der Waals surface area contributed by atoms with Gasteiger partial charge in [-0.3, -0.25) is 4.90 Å². The van der Waals surface area contributed by atoms with Crippen LogP contribution in [0, 0.1) is 0 Å². The zero-order valence-electron chi connectivity index (χ0n) is 7.62. The SMILES string of the molecule is C[C@H](O)CN1CC(N(C)C)C1. The first kappa shape index (κ1) is 8.97. The zero-order chi connectivity index (χ0) is 8.43. The Morgan fingerprint density at radius 1 is 1.55 bits per heavy atom. The number of nitrogens with zero attached hydrogens (tertiary/aromatic N) is 2. The number of likely N-dealkylation sites (tertiary alicyclic amines) is 1. The molecule has 1 aliphatic heterocycles. The molecule has 3 nitrogen and oxygen atoms in total. The third-order valence-corrected chi connectivity index (χ3v) is 2.19. The van der Waals surface area contributed by atoms with Gasteiger partial charge in [-0.1, -0.05) is 0 Å². The van der Waals surface area contributed by atoms with Crippen molar-refractivity contribution < 1.29 is 5.11 Å². The molecule has 1 rings (SSSR count). The van der Waals surface area contributed by atoms with Gasteiger partial charge >= 0.3 is 0 Å². The van der Waals surface area contributed by atoms with Gasteiger partial charge in [-0.05, 0) is 21.0 Å². The molecule has 0 aromatic heterocycles. The maximum absolute atomic E-state index is 9.06. The topological polar surface area (TPSA) is 26.7 Å². The molecule has 0 aromatic rings. The van der Waals surface area contributed by atoms with Gasteiger partial charge in [0.1, 0.15) is 0 Å². The van der Waals surface area contributed by atoms with Crippen molar-refractivity contribution in [2.45, 2.75) is 19.1 Å². The lowest BCUT2D eigenvalue weighted by Crippen LogP contribution is -2.58. The summed E-state index contributed by atoms with van der Waals surface area (Å²) in [4.78, 5) is 4.51. The highest BCUT2D eigenvalue weighted by atomic mass is 16.3. The van der Waals surface area contributed by atoms with E-state index in [2.05, 4.69) is 23.9 Å². The van der Waals surface area contributed by atoms with Crippen LogP contribution in [0.5, 0.6) is 0 Å². The quantitative estimate of drug-likeness (QED) is 0.606. The molecule has 1 atom stereocenters. The summed E-state index contributed by atoms with van der Waals surface area (Å²) in [6.07, 6.45) is -0.182. The van der Waals surface area contributed by atoms with Gasteiger partial charge in [-0.25, -0.2) is 0 Å². The molecule has 0 aliphatic carbocycles. The molecule has 0 unspecified atom stereocenters. The van der Waals surface area contributed by atoms with Crippen LogP contribution in [0.4, 0.5) is 0 Å². The Balaban J connectivity index is 2.09. The highest BCUT2D eigenvalue weighted by Gasteiger charge is 2.28. The number of aliphatic hydroxyl groups excluding tert-OH is 1. The van der Waals surface area contributed by atoms with Crippen LogP contribution in [0.25, 0.3) is 0 Å². The summed E-state index contributed by atoms with van der Waals surface area (Å²) in [6.45, 7) is 4.88. The minimum Gasteiger partial charge on any atom is -0.392 e. The Hall–Kier alpha value is -0.120. The molecule has 0 amide bonds. The molecule has 0 aromatic carbocycles. The molecule has 0 radical (unpaired) electrons. The molecule has 0 bridgehead atoms. The summed E-state index contributed by atoms with van der Waals surface area (Å²) in [6, 6.07) is 0.703. The Labute approximate surface area is 68.6 Å². The summed E-state index contributed by atoms with van der Waals surface area (Å²) in [5.41, 5.74) is 0. The third kappa shape index (κ3) is 2.43. The number of aliphatic hydroxyl groups is 1. The lowest BCUT2D eigenvalue weighted by atomic mass is 10.1. The van der Waals surface area contributed by atoms with Gasteiger partial charge in [-0.15, -0.1) is 0 Å². The van der Waals surface area contributed by atoms with E-state index in [0.717, 1.165) is 19.6 Å². The van der Waals surface area contributed by atoms with Crippen molar-refractivity contribution in [3.63, 3.8) is 0 Å². The second kappa shape index (κ2) is 3.52. The smallest absolute Gasteiger partial charge is 0.0639 e. The second-order valence-electron chi connectivity index (χ2n) is 3.68. The van der Waals surface area contributed by atoms with Crippen molar-refractivity contribution in [3.8, 4) is 0 Å². The summed E-state index contributed by atoms with van der Waals surface area (Å²) in [5, 5.41) is 9.06. The first-order valence-electron chi connectivity index (χ1n) is 4.16. The highest BCUT2D eigenvalue weighted by molar-refractivity contribution is 4.85. The van der Waals surface area contributed by atoms with Crippen LogP contribution >= 0.6 is 0 Å². The van der Waals surface area contributed by atoms with Gasteiger partial charge in [0.2, 0.25) is 0 Å². The number of hydrogen-bond acceptors (Lipinski definition) is 3. The number of rotatable bonds is 3. The monoisotopic (exact) mass is 158 g/mol. The van der Waals surface area contributed by atoms with E-state index < -0.39 is 0 Å². The second-order valence-corrected chi connectivity index (χ2v) is 3.68.